The van der Waals surface area contributed by atoms with E-state index in [1.54, 1.807) is 0 Å². The summed E-state index contributed by atoms with van der Waals surface area (Å²) in [6.45, 7) is 0.0750. The van der Waals surface area contributed by atoms with Gasteiger partial charge in [-0.15, -0.1) is 11.6 Å². The molecule has 0 aliphatic carbocycles. The van der Waals surface area contributed by atoms with Crippen LogP contribution >= 0.6 is 11.6 Å². The highest BCUT2D eigenvalue weighted by Crippen LogP contribution is 2.51. The van der Waals surface area contributed by atoms with Gasteiger partial charge in [-0.3, -0.25) is 0 Å². The highest BCUT2D eigenvalue weighted by atomic mass is 35.5. The van der Waals surface area contributed by atoms with Gasteiger partial charge >= 0.3 is 6.18 Å². The summed E-state index contributed by atoms with van der Waals surface area (Å²) in [6.07, 6.45) is -3.87. The lowest BCUT2D eigenvalue weighted by atomic mass is 9.76. The molecule has 10 heteroatoms. The van der Waals surface area contributed by atoms with Gasteiger partial charge in [0, 0.05) is 29.6 Å². The van der Waals surface area contributed by atoms with E-state index in [1.165, 1.54) is 6.07 Å². The van der Waals surface area contributed by atoms with Gasteiger partial charge in [0.15, 0.2) is 0 Å². The topological polar surface area (TPSA) is 67.4 Å². The Labute approximate surface area is 196 Å². The molecule has 2 aromatic carbocycles. The van der Waals surface area contributed by atoms with Crippen LogP contribution in [0.2, 0.25) is 0 Å². The number of benzene rings is 2. The van der Waals surface area contributed by atoms with Crippen LogP contribution in [0.4, 0.5) is 18.9 Å². The molecule has 1 unspecified atom stereocenters. The van der Waals surface area contributed by atoms with Gasteiger partial charge in [-0.25, -0.2) is 13.1 Å². The van der Waals surface area contributed by atoms with E-state index in [0.29, 0.717) is 30.5 Å². The van der Waals surface area contributed by atoms with E-state index < -0.39 is 34.0 Å². The van der Waals surface area contributed by atoms with Crippen LogP contribution in [0.5, 0.6) is 0 Å². The van der Waals surface area contributed by atoms with Crippen molar-refractivity contribution >= 4 is 27.3 Å². The minimum atomic E-state index is -4.47. The number of rotatable bonds is 7. The van der Waals surface area contributed by atoms with E-state index in [9.17, 15) is 21.6 Å². The lowest BCUT2D eigenvalue weighted by Gasteiger charge is -2.46. The molecule has 1 saturated heterocycles. The second kappa shape index (κ2) is 9.82. The van der Waals surface area contributed by atoms with Gasteiger partial charge in [-0.05, 0) is 43.0 Å². The molecule has 4 rings (SSSR count). The second-order valence-corrected chi connectivity index (χ2v) is 10.8. The van der Waals surface area contributed by atoms with Crippen molar-refractivity contribution in [2.24, 2.45) is 5.92 Å². The minimum absolute atomic E-state index is 0.0750. The van der Waals surface area contributed by atoms with Crippen molar-refractivity contribution in [3.05, 3.63) is 65.2 Å². The van der Waals surface area contributed by atoms with Crippen LogP contribution in [0.3, 0.4) is 0 Å². The minimum Gasteiger partial charge on any atom is -0.378 e. The number of ether oxygens (including phenoxy) is 1. The number of hydrogen-bond acceptors (Lipinski definition) is 4. The molecule has 0 spiro atoms. The van der Waals surface area contributed by atoms with Gasteiger partial charge in [-0.2, -0.15) is 13.2 Å². The van der Waals surface area contributed by atoms with E-state index in [-0.39, 0.29) is 30.1 Å². The molecule has 2 aliphatic rings. The number of alkyl halides is 4. The first-order valence-electron chi connectivity index (χ1n) is 10.9. The summed E-state index contributed by atoms with van der Waals surface area (Å²) < 4.78 is 73.3. The number of anilines is 1. The van der Waals surface area contributed by atoms with Gasteiger partial charge in [0.2, 0.25) is 10.0 Å². The number of halogens is 4. The zero-order valence-corrected chi connectivity index (χ0v) is 19.4. The fourth-order valence-electron chi connectivity index (χ4n) is 4.61. The number of hydrogen-bond donors (Lipinski definition) is 2. The maximum atomic E-state index is 13.4. The van der Waals surface area contributed by atoms with Gasteiger partial charge in [0.25, 0.3) is 0 Å². The SMILES string of the molecule is O=S(=O)(CCCCl)NC[C@H]1CC[C@@H]2C(O1)c1cc(C(F)(F)F)ccc1N[C@H]2c1ccccc1. The summed E-state index contributed by atoms with van der Waals surface area (Å²) >= 11 is 5.59. The third-order valence-electron chi connectivity index (χ3n) is 6.21. The van der Waals surface area contributed by atoms with E-state index in [2.05, 4.69) is 10.0 Å². The van der Waals surface area contributed by atoms with Crippen LogP contribution in [0, 0.1) is 5.92 Å². The summed E-state index contributed by atoms with van der Waals surface area (Å²) in [4.78, 5) is 0. The molecule has 0 radical (unpaired) electrons. The average molecular weight is 503 g/mol. The van der Waals surface area contributed by atoms with Crippen molar-refractivity contribution in [1.82, 2.24) is 4.72 Å². The molecular formula is C23H26ClF3N2O3S. The van der Waals surface area contributed by atoms with Crippen molar-refractivity contribution < 1.29 is 26.3 Å². The lowest BCUT2D eigenvalue weighted by Crippen LogP contribution is -2.43. The Balaban J connectivity index is 1.60. The first-order valence-corrected chi connectivity index (χ1v) is 13.1. The van der Waals surface area contributed by atoms with Crippen LogP contribution in [0.15, 0.2) is 48.5 Å². The molecule has 180 valence electrons. The summed E-state index contributed by atoms with van der Waals surface area (Å²) in [5, 5.41) is 3.41. The fourth-order valence-corrected chi connectivity index (χ4v) is 6.01. The molecule has 1 fully saturated rings. The summed E-state index contributed by atoms with van der Waals surface area (Å²) in [7, 11) is -3.49. The highest BCUT2D eigenvalue weighted by Gasteiger charge is 2.43. The molecular weight excluding hydrogens is 477 g/mol. The largest absolute Gasteiger partial charge is 0.416 e. The molecule has 4 atom stereocenters. The van der Waals surface area contributed by atoms with Gasteiger partial charge < -0.3 is 10.1 Å². The number of sulfonamides is 1. The molecule has 2 heterocycles. The Kier molecular flexibility index (Phi) is 7.23. The third kappa shape index (κ3) is 5.65. The van der Waals surface area contributed by atoms with Crippen molar-refractivity contribution in [3.8, 4) is 0 Å². The first-order chi connectivity index (χ1) is 15.7. The Morgan fingerprint density at radius 3 is 2.58 bits per heavy atom. The molecule has 0 bridgehead atoms. The molecule has 0 amide bonds. The van der Waals surface area contributed by atoms with E-state index in [1.807, 2.05) is 30.3 Å². The maximum Gasteiger partial charge on any atom is 0.416 e. The molecule has 2 aromatic rings. The van der Waals surface area contributed by atoms with Gasteiger partial charge in [-0.1, -0.05) is 30.3 Å². The van der Waals surface area contributed by atoms with Crippen molar-refractivity contribution in [3.63, 3.8) is 0 Å². The molecule has 33 heavy (non-hydrogen) atoms. The predicted octanol–water partition coefficient (Wildman–Crippen LogP) is 5.26. The predicted molar refractivity (Wildman–Crippen MR) is 122 cm³/mol. The Hall–Kier alpha value is -1.81. The van der Waals surface area contributed by atoms with Crippen molar-refractivity contribution in [1.29, 1.82) is 0 Å². The van der Waals surface area contributed by atoms with E-state index in [0.717, 1.165) is 17.7 Å². The molecule has 2 N–H and O–H groups in total. The maximum absolute atomic E-state index is 13.4. The smallest absolute Gasteiger partial charge is 0.378 e. The van der Waals surface area contributed by atoms with Crippen LogP contribution in [0.25, 0.3) is 0 Å². The molecule has 2 aliphatic heterocycles. The molecule has 5 nitrogen and oxygen atoms in total. The lowest BCUT2D eigenvalue weighted by molar-refractivity contribution is -0.138. The molecule has 0 aromatic heterocycles. The third-order valence-corrected chi connectivity index (χ3v) is 7.91. The second-order valence-electron chi connectivity index (χ2n) is 8.46. The normalized spacial score (nSPS) is 25.1. The monoisotopic (exact) mass is 502 g/mol. The first kappa shape index (κ1) is 24.3. The van der Waals surface area contributed by atoms with Crippen molar-refractivity contribution in [2.75, 3.05) is 23.5 Å². The number of nitrogens with one attached hydrogen (secondary N) is 2. The van der Waals surface area contributed by atoms with Gasteiger partial charge in [0.05, 0.1) is 29.6 Å². The summed E-state index contributed by atoms with van der Waals surface area (Å²) in [5.74, 6) is 0.0802. The Bertz CT molecular complexity index is 1070. The Morgan fingerprint density at radius 1 is 1.12 bits per heavy atom. The van der Waals surface area contributed by atoms with E-state index in [4.69, 9.17) is 16.3 Å². The van der Waals surface area contributed by atoms with Crippen LogP contribution in [-0.2, 0) is 20.9 Å². The Morgan fingerprint density at radius 2 is 1.88 bits per heavy atom. The number of fused-ring (bicyclic) bond motifs is 3. The van der Waals surface area contributed by atoms with Crippen LogP contribution < -0.4 is 10.0 Å². The standard InChI is InChI=1S/C23H26ClF3N2O3S/c24-11-4-12-33(30,31)28-14-17-8-9-18-21(15-5-2-1-3-6-15)29-20-10-7-16(23(25,26)27)13-19(20)22(18)32-17/h1-3,5-7,10,13,17-18,21-22,28-29H,4,8-9,11-12,14H2/t17-,18+,21+,22?/m1/s1. The fraction of sp³-hybridized carbons (Fsp3) is 0.478. The molecule has 0 saturated carbocycles. The van der Waals surface area contributed by atoms with E-state index >= 15 is 0 Å². The quantitative estimate of drug-likeness (QED) is 0.507. The van der Waals surface area contributed by atoms with Gasteiger partial charge in [0.1, 0.15) is 0 Å². The van der Waals surface area contributed by atoms with Crippen LogP contribution in [0.1, 0.15) is 48.1 Å². The highest BCUT2D eigenvalue weighted by molar-refractivity contribution is 7.89. The summed E-state index contributed by atoms with van der Waals surface area (Å²) in [5.41, 5.74) is 1.35. The zero-order valence-electron chi connectivity index (χ0n) is 17.8. The van der Waals surface area contributed by atoms with Crippen LogP contribution in [-0.4, -0.2) is 32.7 Å². The average Bonchev–Trinajstić information content (AvgIpc) is 2.80. The summed E-state index contributed by atoms with van der Waals surface area (Å²) in [6, 6.07) is 13.3. The van der Waals surface area contributed by atoms with Crippen molar-refractivity contribution in [2.45, 2.75) is 43.7 Å². The zero-order chi connectivity index (χ0) is 23.6.